The quantitative estimate of drug-likeness (QED) is 0.905. The highest BCUT2D eigenvalue weighted by Gasteiger charge is 2.26. The molecule has 2 aromatic carbocycles. The Balaban J connectivity index is 1.80. The SMILES string of the molecule is O=C(O)CCc1cc(F)c(OC2CCc3ccccc32)c(F)c1. The largest absolute Gasteiger partial charge is 0.481 e. The minimum Gasteiger partial charge on any atom is -0.481 e. The van der Waals surface area contributed by atoms with Crippen LogP contribution in [0, 0.1) is 11.6 Å². The molecule has 0 aliphatic heterocycles. The van der Waals surface area contributed by atoms with Crippen molar-refractivity contribution in [2.24, 2.45) is 0 Å². The predicted molar refractivity (Wildman–Crippen MR) is 80.4 cm³/mol. The molecule has 0 saturated heterocycles. The lowest BCUT2D eigenvalue weighted by Crippen LogP contribution is -2.07. The van der Waals surface area contributed by atoms with Gasteiger partial charge in [-0.3, -0.25) is 4.79 Å². The molecule has 0 saturated carbocycles. The molecule has 0 spiro atoms. The Bertz CT molecular complexity index is 720. The molecule has 0 aromatic heterocycles. The summed E-state index contributed by atoms with van der Waals surface area (Å²) in [6, 6.07) is 9.98. The van der Waals surface area contributed by atoms with Crippen LogP contribution in [0.4, 0.5) is 8.78 Å². The number of carbonyl (C=O) groups is 1. The summed E-state index contributed by atoms with van der Waals surface area (Å²) in [4.78, 5) is 10.5. The second kappa shape index (κ2) is 6.36. The van der Waals surface area contributed by atoms with Gasteiger partial charge >= 0.3 is 5.97 Å². The maximum Gasteiger partial charge on any atom is 0.303 e. The molecule has 1 atom stereocenters. The highest BCUT2D eigenvalue weighted by Crippen LogP contribution is 2.36. The first-order valence-corrected chi connectivity index (χ1v) is 7.49. The fraction of sp³-hybridized carbons (Fsp3) is 0.278. The zero-order chi connectivity index (χ0) is 16.4. The van der Waals surface area contributed by atoms with Crippen molar-refractivity contribution < 1.29 is 23.4 Å². The van der Waals surface area contributed by atoms with E-state index >= 15 is 0 Å². The Kier molecular flexibility index (Phi) is 4.28. The van der Waals surface area contributed by atoms with Gasteiger partial charge in [0.05, 0.1) is 0 Å². The van der Waals surface area contributed by atoms with Gasteiger partial charge in [-0.1, -0.05) is 24.3 Å². The summed E-state index contributed by atoms with van der Waals surface area (Å²) < 4.78 is 33.9. The number of halogens is 2. The summed E-state index contributed by atoms with van der Waals surface area (Å²) in [7, 11) is 0. The number of ether oxygens (including phenoxy) is 1. The minimum atomic E-state index is -1.01. The highest BCUT2D eigenvalue weighted by molar-refractivity contribution is 5.67. The molecule has 23 heavy (non-hydrogen) atoms. The summed E-state index contributed by atoms with van der Waals surface area (Å²) in [6.45, 7) is 0. The molecule has 2 aromatic rings. The van der Waals surface area contributed by atoms with Gasteiger partial charge < -0.3 is 9.84 Å². The Labute approximate surface area is 132 Å². The summed E-state index contributed by atoms with van der Waals surface area (Å²) in [5.74, 6) is -3.00. The van der Waals surface area contributed by atoms with E-state index in [0.717, 1.165) is 29.7 Å². The van der Waals surface area contributed by atoms with Gasteiger partial charge in [0, 0.05) is 6.42 Å². The third-order valence-electron chi connectivity index (χ3n) is 4.02. The van der Waals surface area contributed by atoms with E-state index in [1.807, 2.05) is 24.3 Å². The first-order chi connectivity index (χ1) is 11.0. The number of benzene rings is 2. The number of hydrogen-bond donors (Lipinski definition) is 1. The van der Waals surface area contributed by atoms with Crippen molar-refractivity contribution in [2.75, 3.05) is 0 Å². The summed E-state index contributed by atoms with van der Waals surface area (Å²) >= 11 is 0. The van der Waals surface area contributed by atoms with Gasteiger partial charge in [-0.15, -0.1) is 0 Å². The second-order valence-corrected chi connectivity index (χ2v) is 5.63. The Morgan fingerprint density at radius 2 is 1.91 bits per heavy atom. The molecule has 0 radical (unpaired) electrons. The number of carboxylic acids is 1. The zero-order valence-corrected chi connectivity index (χ0v) is 12.4. The minimum absolute atomic E-state index is 0.0791. The zero-order valence-electron chi connectivity index (χ0n) is 12.4. The van der Waals surface area contributed by atoms with Crippen LogP contribution >= 0.6 is 0 Å². The van der Waals surface area contributed by atoms with Crippen LogP contribution in [0.5, 0.6) is 5.75 Å². The standard InChI is InChI=1S/C18H16F2O3/c19-14-9-11(5-8-17(21)22)10-15(20)18(14)23-16-7-6-12-3-1-2-4-13(12)16/h1-4,9-10,16H,5-8H2,(H,21,22). The lowest BCUT2D eigenvalue weighted by molar-refractivity contribution is -0.136. The maximum absolute atomic E-state index is 14.2. The van der Waals surface area contributed by atoms with Crippen molar-refractivity contribution in [3.63, 3.8) is 0 Å². The molecule has 1 aliphatic rings. The smallest absolute Gasteiger partial charge is 0.303 e. The van der Waals surface area contributed by atoms with E-state index in [1.54, 1.807) is 0 Å². The Morgan fingerprint density at radius 3 is 2.61 bits per heavy atom. The monoisotopic (exact) mass is 318 g/mol. The van der Waals surface area contributed by atoms with Crippen LogP contribution in [0.15, 0.2) is 36.4 Å². The van der Waals surface area contributed by atoms with E-state index in [9.17, 15) is 13.6 Å². The van der Waals surface area contributed by atoms with E-state index < -0.39 is 23.4 Å². The molecule has 3 nitrogen and oxygen atoms in total. The molecular weight excluding hydrogens is 302 g/mol. The Hall–Kier alpha value is -2.43. The van der Waals surface area contributed by atoms with Gasteiger partial charge in [-0.2, -0.15) is 0 Å². The average Bonchev–Trinajstić information content (AvgIpc) is 2.92. The van der Waals surface area contributed by atoms with Crippen LogP contribution in [0.1, 0.15) is 35.6 Å². The van der Waals surface area contributed by atoms with Crippen molar-refractivity contribution in [3.8, 4) is 5.75 Å². The van der Waals surface area contributed by atoms with Gasteiger partial charge in [-0.05, 0) is 48.1 Å². The normalized spacial score (nSPS) is 16.2. The fourth-order valence-electron chi connectivity index (χ4n) is 2.90. The third kappa shape index (κ3) is 3.33. The molecule has 3 rings (SSSR count). The van der Waals surface area contributed by atoms with Crippen molar-refractivity contribution in [2.45, 2.75) is 31.8 Å². The number of aliphatic carboxylic acids is 1. The number of aryl methyl sites for hydroxylation is 2. The third-order valence-corrected chi connectivity index (χ3v) is 4.02. The fourth-order valence-corrected chi connectivity index (χ4v) is 2.90. The van der Waals surface area contributed by atoms with Crippen LogP contribution in [0.3, 0.4) is 0 Å². The summed E-state index contributed by atoms with van der Waals surface area (Å²) in [6.07, 6.45) is 1.05. The van der Waals surface area contributed by atoms with Crippen molar-refractivity contribution >= 4 is 5.97 Å². The van der Waals surface area contributed by atoms with Gasteiger partial charge in [0.25, 0.3) is 0 Å². The molecule has 0 heterocycles. The van der Waals surface area contributed by atoms with Crippen LogP contribution < -0.4 is 4.74 Å². The molecule has 0 amide bonds. The second-order valence-electron chi connectivity index (χ2n) is 5.63. The lowest BCUT2D eigenvalue weighted by atomic mass is 10.1. The van der Waals surface area contributed by atoms with Crippen LogP contribution in [0.25, 0.3) is 0 Å². The molecular formula is C18H16F2O3. The summed E-state index contributed by atoms with van der Waals surface area (Å²) in [5, 5.41) is 8.64. The first-order valence-electron chi connectivity index (χ1n) is 7.49. The maximum atomic E-state index is 14.2. The van der Waals surface area contributed by atoms with E-state index in [0.29, 0.717) is 12.0 Å². The molecule has 1 unspecified atom stereocenters. The van der Waals surface area contributed by atoms with Crippen molar-refractivity contribution in [3.05, 3.63) is 64.7 Å². The number of hydrogen-bond acceptors (Lipinski definition) is 2. The van der Waals surface area contributed by atoms with Crippen LogP contribution in [-0.2, 0) is 17.6 Å². The predicted octanol–water partition coefficient (Wildman–Crippen LogP) is 4.05. The lowest BCUT2D eigenvalue weighted by Gasteiger charge is -2.16. The van der Waals surface area contributed by atoms with Gasteiger partial charge in [0.2, 0.25) is 0 Å². The average molecular weight is 318 g/mol. The topological polar surface area (TPSA) is 46.5 Å². The number of rotatable bonds is 5. The molecule has 1 aliphatic carbocycles. The van der Waals surface area contributed by atoms with Gasteiger partial charge in [-0.25, -0.2) is 8.78 Å². The highest BCUT2D eigenvalue weighted by atomic mass is 19.1. The van der Waals surface area contributed by atoms with E-state index in [-0.39, 0.29) is 18.9 Å². The van der Waals surface area contributed by atoms with E-state index in [2.05, 4.69) is 0 Å². The van der Waals surface area contributed by atoms with Gasteiger partial charge in [0.15, 0.2) is 17.4 Å². The van der Waals surface area contributed by atoms with E-state index in [4.69, 9.17) is 9.84 Å². The van der Waals surface area contributed by atoms with Crippen LogP contribution in [-0.4, -0.2) is 11.1 Å². The number of carboxylic acid groups (broad SMARTS) is 1. The van der Waals surface area contributed by atoms with Crippen molar-refractivity contribution in [1.29, 1.82) is 0 Å². The Morgan fingerprint density at radius 1 is 1.22 bits per heavy atom. The molecule has 1 N–H and O–H groups in total. The van der Waals surface area contributed by atoms with Crippen LogP contribution in [0.2, 0.25) is 0 Å². The molecule has 0 fully saturated rings. The first kappa shape index (κ1) is 15.5. The molecule has 0 bridgehead atoms. The molecule has 120 valence electrons. The van der Waals surface area contributed by atoms with Crippen molar-refractivity contribution in [1.82, 2.24) is 0 Å². The van der Waals surface area contributed by atoms with Gasteiger partial charge in [0.1, 0.15) is 6.10 Å². The number of fused-ring (bicyclic) bond motifs is 1. The summed E-state index contributed by atoms with van der Waals surface area (Å²) in [5.41, 5.74) is 2.40. The van der Waals surface area contributed by atoms with E-state index in [1.165, 1.54) is 0 Å². The molecule has 5 heteroatoms.